The number of hydrogen-bond donors (Lipinski definition) is 6. The van der Waals surface area contributed by atoms with Gasteiger partial charge < -0.3 is 31.3 Å². The molecule has 0 aromatic heterocycles. The first-order chi connectivity index (χ1) is 10.7. The second-order valence-electron chi connectivity index (χ2n) is 5.86. The lowest BCUT2D eigenvalue weighted by atomic mass is 9.57. The van der Waals surface area contributed by atoms with Gasteiger partial charge in [0.25, 0.3) is 0 Å². The van der Waals surface area contributed by atoms with Crippen molar-refractivity contribution >= 4 is 17.9 Å². The van der Waals surface area contributed by atoms with Crippen LogP contribution >= 0.6 is 0 Å². The maximum absolute atomic E-state index is 11.4. The highest BCUT2D eigenvalue weighted by Gasteiger charge is 2.53. The molecule has 0 saturated heterocycles. The summed E-state index contributed by atoms with van der Waals surface area (Å²) in [5, 5.41) is 36.7. The minimum Gasteiger partial charge on any atom is -0.481 e. The van der Waals surface area contributed by atoms with E-state index in [1.54, 1.807) is 21.1 Å². The van der Waals surface area contributed by atoms with E-state index in [-0.39, 0.29) is 19.6 Å². The zero-order valence-corrected chi connectivity index (χ0v) is 13.8. The van der Waals surface area contributed by atoms with Crippen LogP contribution in [0.3, 0.4) is 0 Å². The highest BCUT2D eigenvalue weighted by atomic mass is 16.4. The standard InChI is InChI=1S/C14H27N3O6/c1-15-7-14(8-16-2,9-17-3)13(4-10(18)19,5-11(20)21)6-12(22)23/h15-17H,4-9H2,1-3H3,(H,18,19)(H,20,21)(H,22,23). The molecule has 0 atom stereocenters. The third-order valence-corrected chi connectivity index (χ3v) is 4.14. The van der Waals surface area contributed by atoms with Gasteiger partial charge in [-0.05, 0) is 21.1 Å². The molecule has 0 rings (SSSR count). The summed E-state index contributed by atoms with van der Waals surface area (Å²) in [5.41, 5.74) is -2.37. The first-order valence-electron chi connectivity index (χ1n) is 7.28. The molecule has 9 heteroatoms. The lowest BCUT2D eigenvalue weighted by molar-refractivity contribution is -0.154. The molecular formula is C14H27N3O6. The Morgan fingerprint density at radius 3 is 1.09 bits per heavy atom. The average Bonchev–Trinajstić information content (AvgIpc) is 2.36. The largest absolute Gasteiger partial charge is 0.481 e. The van der Waals surface area contributed by atoms with Crippen molar-refractivity contribution in [2.75, 3.05) is 40.8 Å². The topological polar surface area (TPSA) is 148 Å². The number of rotatable bonds is 13. The Labute approximate surface area is 135 Å². The predicted molar refractivity (Wildman–Crippen MR) is 83.4 cm³/mol. The molecule has 0 saturated carbocycles. The highest BCUT2D eigenvalue weighted by molar-refractivity contribution is 5.76. The molecule has 0 aliphatic rings. The molecule has 0 fully saturated rings. The molecule has 0 spiro atoms. The Morgan fingerprint density at radius 1 is 0.652 bits per heavy atom. The van der Waals surface area contributed by atoms with Crippen molar-refractivity contribution in [1.82, 2.24) is 16.0 Å². The van der Waals surface area contributed by atoms with E-state index in [1.807, 2.05) is 0 Å². The van der Waals surface area contributed by atoms with E-state index in [0.29, 0.717) is 0 Å². The molecular weight excluding hydrogens is 306 g/mol. The van der Waals surface area contributed by atoms with Gasteiger partial charge in [-0.25, -0.2) is 0 Å². The van der Waals surface area contributed by atoms with Gasteiger partial charge in [0, 0.05) is 30.5 Å². The van der Waals surface area contributed by atoms with Gasteiger partial charge in [0.05, 0.1) is 19.3 Å². The molecule has 134 valence electrons. The van der Waals surface area contributed by atoms with Crippen LogP contribution in [0.15, 0.2) is 0 Å². The zero-order chi connectivity index (χ0) is 18.1. The SMILES string of the molecule is CNCC(CNC)(CNC)C(CC(=O)O)(CC(=O)O)CC(=O)O. The summed E-state index contributed by atoms with van der Waals surface area (Å²) in [6.45, 7) is 0.799. The van der Waals surface area contributed by atoms with Crippen LogP contribution < -0.4 is 16.0 Å². The first-order valence-corrected chi connectivity index (χ1v) is 7.28. The molecule has 23 heavy (non-hydrogen) atoms. The van der Waals surface area contributed by atoms with Crippen molar-refractivity contribution < 1.29 is 29.7 Å². The molecule has 0 aliphatic heterocycles. The number of carbonyl (C=O) groups is 3. The van der Waals surface area contributed by atoms with E-state index in [9.17, 15) is 29.7 Å². The van der Waals surface area contributed by atoms with Gasteiger partial charge in [-0.3, -0.25) is 14.4 Å². The van der Waals surface area contributed by atoms with Gasteiger partial charge in [-0.1, -0.05) is 0 Å². The first kappa shape index (κ1) is 21.3. The van der Waals surface area contributed by atoms with Crippen molar-refractivity contribution in [1.29, 1.82) is 0 Å². The molecule has 0 radical (unpaired) electrons. The lowest BCUT2D eigenvalue weighted by Crippen LogP contribution is -2.59. The van der Waals surface area contributed by atoms with Crippen LogP contribution in [0.25, 0.3) is 0 Å². The second-order valence-corrected chi connectivity index (χ2v) is 5.86. The molecule has 0 unspecified atom stereocenters. The van der Waals surface area contributed by atoms with Crippen LogP contribution in [0.5, 0.6) is 0 Å². The maximum atomic E-state index is 11.4. The Morgan fingerprint density at radius 2 is 0.913 bits per heavy atom. The number of nitrogens with one attached hydrogen (secondary N) is 3. The van der Waals surface area contributed by atoms with Gasteiger partial charge in [-0.2, -0.15) is 0 Å². The smallest absolute Gasteiger partial charge is 0.303 e. The fraction of sp³-hybridized carbons (Fsp3) is 0.786. The summed E-state index contributed by atoms with van der Waals surface area (Å²) in [4.78, 5) is 34.2. The van der Waals surface area contributed by atoms with Crippen LogP contribution in [0.4, 0.5) is 0 Å². The van der Waals surface area contributed by atoms with E-state index in [1.165, 1.54) is 0 Å². The van der Waals surface area contributed by atoms with E-state index < -0.39 is 48.0 Å². The van der Waals surface area contributed by atoms with Crippen LogP contribution in [-0.2, 0) is 14.4 Å². The third-order valence-electron chi connectivity index (χ3n) is 4.14. The normalized spacial score (nSPS) is 12.1. The van der Waals surface area contributed by atoms with Crippen molar-refractivity contribution in [2.45, 2.75) is 19.3 Å². The van der Waals surface area contributed by atoms with Gasteiger partial charge in [0.2, 0.25) is 0 Å². The number of aliphatic carboxylic acids is 3. The Kier molecular flexibility index (Phi) is 8.73. The predicted octanol–water partition coefficient (Wildman–Crippen LogP) is -0.958. The number of carboxylic acid groups (broad SMARTS) is 3. The fourth-order valence-electron chi connectivity index (χ4n) is 3.38. The van der Waals surface area contributed by atoms with E-state index in [2.05, 4.69) is 16.0 Å². The lowest BCUT2D eigenvalue weighted by Gasteiger charge is -2.49. The summed E-state index contributed by atoms with van der Waals surface area (Å²) >= 11 is 0. The zero-order valence-electron chi connectivity index (χ0n) is 13.8. The Balaban J connectivity index is 6.24. The maximum Gasteiger partial charge on any atom is 0.303 e. The van der Waals surface area contributed by atoms with Crippen molar-refractivity contribution in [3.63, 3.8) is 0 Å². The van der Waals surface area contributed by atoms with E-state index in [0.717, 1.165) is 0 Å². The quantitative estimate of drug-likeness (QED) is 0.251. The van der Waals surface area contributed by atoms with Gasteiger partial charge in [0.1, 0.15) is 0 Å². The molecule has 0 amide bonds. The minimum absolute atomic E-state index is 0.266. The third kappa shape index (κ3) is 5.77. The molecule has 0 heterocycles. The molecule has 0 bridgehead atoms. The van der Waals surface area contributed by atoms with Crippen molar-refractivity contribution in [3.05, 3.63) is 0 Å². The van der Waals surface area contributed by atoms with Crippen LogP contribution in [0.1, 0.15) is 19.3 Å². The second kappa shape index (κ2) is 9.43. The summed E-state index contributed by atoms with van der Waals surface area (Å²) < 4.78 is 0. The average molecular weight is 333 g/mol. The molecule has 0 aliphatic carbocycles. The summed E-state index contributed by atoms with van der Waals surface area (Å²) in [7, 11) is 4.98. The summed E-state index contributed by atoms with van der Waals surface area (Å²) in [6.07, 6.45) is -1.64. The van der Waals surface area contributed by atoms with Crippen LogP contribution in [0.2, 0.25) is 0 Å². The minimum atomic E-state index is -1.45. The molecule has 9 nitrogen and oxygen atoms in total. The number of carboxylic acids is 3. The Bertz CT molecular complexity index is 369. The van der Waals surface area contributed by atoms with Crippen LogP contribution in [-0.4, -0.2) is 74.0 Å². The van der Waals surface area contributed by atoms with E-state index in [4.69, 9.17) is 0 Å². The van der Waals surface area contributed by atoms with Crippen molar-refractivity contribution in [3.8, 4) is 0 Å². The van der Waals surface area contributed by atoms with Gasteiger partial charge in [-0.15, -0.1) is 0 Å². The monoisotopic (exact) mass is 333 g/mol. The summed E-state index contributed by atoms with van der Waals surface area (Å²) in [6, 6.07) is 0. The van der Waals surface area contributed by atoms with Gasteiger partial charge in [0.15, 0.2) is 0 Å². The molecule has 0 aromatic rings. The molecule has 0 aromatic carbocycles. The number of hydrogen-bond acceptors (Lipinski definition) is 6. The van der Waals surface area contributed by atoms with E-state index >= 15 is 0 Å². The highest BCUT2D eigenvalue weighted by Crippen LogP contribution is 2.47. The summed E-state index contributed by atoms with van der Waals surface area (Å²) in [5.74, 6) is -3.67. The van der Waals surface area contributed by atoms with Crippen LogP contribution in [0, 0.1) is 10.8 Å². The van der Waals surface area contributed by atoms with Gasteiger partial charge >= 0.3 is 17.9 Å². The molecule has 6 N–H and O–H groups in total. The Hall–Kier alpha value is -1.71. The van der Waals surface area contributed by atoms with Crippen molar-refractivity contribution in [2.24, 2.45) is 10.8 Å². The fourth-order valence-corrected chi connectivity index (χ4v) is 3.38.